The topological polar surface area (TPSA) is 67.4 Å². The van der Waals surface area contributed by atoms with E-state index in [1.54, 1.807) is 48.5 Å². The average molecular weight is 449 g/mol. The smallest absolute Gasteiger partial charge is 0.255 e. The number of amides is 2. The van der Waals surface area contributed by atoms with Crippen molar-refractivity contribution >= 4 is 29.1 Å². The molecule has 4 rings (SSSR count). The molecule has 2 amide bonds. The number of carbonyl (C=O) groups excluding carboxylic acids is 2. The molecule has 1 unspecified atom stereocenters. The summed E-state index contributed by atoms with van der Waals surface area (Å²) in [6.45, 7) is 2.42. The minimum atomic E-state index is -2.88. The Bertz CT molecular complexity index is 989. The van der Waals surface area contributed by atoms with Crippen LogP contribution in [-0.2, 0) is 14.9 Å². The monoisotopic (exact) mass is 448 g/mol. The van der Waals surface area contributed by atoms with Crippen LogP contribution in [0.15, 0.2) is 48.5 Å². The van der Waals surface area contributed by atoms with Gasteiger partial charge in [0.1, 0.15) is 0 Å². The molecule has 31 heavy (non-hydrogen) atoms. The third-order valence-corrected chi connectivity index (χ3v) is 6.00. The molecule has 5 nitrogen and oxygen atoms in total. The number of ether oxygens (including phenoxy) is 1. The first kappa shape index (κ1) is 21.7. The van der Waals surface area contributed by atoms with Crippen molar-refractivity contribution in [3.63, 3.8) is 0 Å². The minimum Gasteiger partial charge on any atom is -0.376 e. The van der Waals surface area contributed by atoms with Crippen molar-refractivity contribution in [1.82, 2.24) is 5.32 Å². The number of anilines is 1. The molecule has 2 aromatic carbocycles. The SMILES string of the molecule is CCO[C@H]1CC1NC(=O)C1(c2ccc(NC(=O)c3cccc(Cl)c3)cc2)CC(F)(F)C1. The Morgan fingerprint density at radius 3 is 2.48 bits per heavy atom. The molecule has 2 N–H and O–H groups in total. The predicted octanol–water partition coefficient (Wildman–Crippen LogP) is 4.55. The van der Waals surface area contributed by atoms with Crippen LogP contribution in [0.5, 0.6) is 0 Å². The molecule has 0 saturated heterocycles. The zero-order valence-corrected chi connectivity index (χ0v) is 17.7. The first-order valence-corrected chi connectivity index (χ1v) is 10.6. The molecular weight excluding hydrogens is 426 g/mol. The lowest BCUT2D eigenvalue weighted by Gasteiger charge is -2.46. The van der Waals surface area contributed by atoms with E-state index in [0.717, 1.165) is 0 Å². The Morgan fingerprint density at radius 1 is 1.16 bits per heavy atom. The van der Waals surface area contributed by atoms with Crippen LogP contribution in [0.4, 0.5) is 14.5 Å². The van der Waals surface area contributed by atoms with E-state index in [0.29, 0.717) is 34.9 Å². The Kier molecular flexibility index (Phi) is 5.75. The lowest BCUT2D eigenvalue weighted by molar-refractivity contribution is -0.159. The number of alkyl halides is 2. The van der Waals surface area contributed by atoms with E-state index < -0.39 is 30.1 Å². The van der Waals surface area contributed by atoms with Gasteiger partial charge >= 0.3 is 0 Å². The van der Waals surface area contributed by atoms with Crippen LogP contribution >= 0.6 is 11.6 Å². The number of halogens is 3. The van der Waals surface area contributed by atoms with Gasteiger partial charge in [-0.1, -0.05) is 29.8 Å². The van der Waals surface area contributed by atoms with E-state index in [2.05, 4.69) is 10.6 Å². The number of nitrogens with one attached hydrogen (secondary N) is 2. The van der Waals surface area contributed by atoms with E-state index in [-0.39, 0.29) is 18.1 Å². The molecule has 2 fully saturated rings. The summed E-state index contributed by atoms with van der Waals surface area (Å²) in [6, 6.07) is 12.9. The van der Waals surface area contributed by atoms with E-state index >= 15 is 0 Å². The fourth-order valence-corrected chi connectivity index (χ4v) is 4.25. The van der Waals surface area contributed by atoms with Gasteiger partial charge in [0.25, 0.3) is 11.8 Å². The normalized spacial score (nSPS) is 22.8. The second-order valence-electron chi connectivity index (χ2n) is 8.14. The Hall–Kier alpha value is -2.51. The Labute approximate surface area is 184 Å². The van der Waals surface area contributed by atoms with Crippen LogP contribution in [0.2, 0.25) is 5.02 Å². The number of hydrogen-bond donors (Lipinski definition) is 2. The third kappa shape index (κ3) is 4.57. The first-order chi connectivity index (χ1) is 14.7. The molecule has 2 aliphatic carbocycles. The fourth-order valence-electron chi connectivity index (χ4n) is 4.06. The van der Waals surface area contributed by atoms with Crippen LogP contribution < -0.4 is 10.6 Å². The molecule has 0 spiro atoms. The van der Waals surface area contributed by atoms with E-state index in [9.17, 15) is 18.4 Å². The summed E-state index contributed by atoms with van der Waals surface area (Å²) in [6.07, 6.45) is -0.422. The molecule has 0 radical (unpaired) electrons. The van der Waals surface area contributed by atoms with Gasteiger partial charge in [-0.2, -0.15) is 0 Å². The van der Waals surface area contributed by atoms with Crippen LogP contribution in [0.25, 0.3) is 0 Å². The largest absolute Gasteiger partial charge is 0.376 e. The highest BCUT2D eigenvalue weighted by Crippen LogP contribution is 2.54. The first-order valence-electron chi connectivity index (χ1n) is 10.2. The summed E-state index contributed by atoms with van der Waals surface area (Å²) in [5.41, 5.74) is 0.122. The van der Waals surface area contributed by atoms with Crippen molar-refractivity contribution < 1.29 is 23.1 Å². The van der Waals surface area contributed by atoms with E-state index in [1.807, 2.05) is 6.92 Å². The molecule has 0 aliphatic heterocycles. The maximum absolute atomic E-state index is 13.8. The number of benzene rings is 2. The quantitative estimate of drug-likeness (QED) is 0.652. The van der Waals surface area contributed by atoms with Gasteiger partial charge in [-0.15, -0.1) is 0 Å². The zero-order chi connectivity index (χ0) is 22.2. The summed E-state index contributed by atoms with van der Waals surface area (Å²) in [5.74, 6) is -3.62. The van der Waals surface area contributed by atoms with Crippen molar-refractivity contribution in [2.75, 3.05) is 11.9 Å². The van der Waals surface area contributed by atoms with E-state index in [1.165, 1.54) is 0 Å². The Balaban J connectivity index is 1.47. The lowest BCUT2D eigenvalue weighted by Crippen LogP contribution is -2.58. The number of carbonyl (C=O) groups is 2. The summed E-state index contributed by atoms with van der Waals surface area (Å²) >= 11 is 5.92. The van der Waals surface area contributed by atoms with Gasteiger partial charge in [-0.25, -0.2) is 8.78 Å². The van der Waals surface area contributed by atoms with Crippen molar-refractivity contribution in [1.29, 1.82) is 0 Å². The van der Waals surface area contributed by atoms with Crippen LogP contribution in [-0.4, -0.2) is 36.5 Å². The molecule has 164 valence electrons. The van der Waals surface area contributed by atoms with Gasteiger partial charge < -0.3 is 15.4 Å². The summed E-state index contributed by atoms with van der Waals surface area (Å²) in [5, 5.41) is 6.05. The molecule has 2 saturated carbocycles. The van der Waals surface area contributed by atoms with Crippen molar-refractivity contribution in [3.8, 4) is 0 Å². The average Bonchev–Trinajstić information content (AvgIpc) is 3.43. The van der Waals surface area contributed by atoms with Crippen LogP contribution in [0.3, 0.4) is 0 Å². The molecule has 2 aliphatic rings. The lowest BCUT2D eigenvalue weighted by atomic mass is 9.61. The standard InChI is InChI=1S/C23H23ClF2N2O3/c1-2-31-19-11-18(19)28-21(30)22(12-23(25,26)13-22)15-6-8-17(9-7-15)27-20(29)14-4-3-5-16(24)10-14/h3-10,18-19H,2,11-13H2,1H3,(H,27,29)(H,28,30)/t18?,19-/m0/s1. The van der Waals surface area contributed by atoms with Gasteiger partial charge in [0, 0.05) is 35.7 Å². The van der Waals surface area contributed by atoms with Crippen molar-refractivity contribution in [2.24, 2.45) is 0 Å². The van der Waals surface area contributed by atoms with Crippen LogP contribution in [0.1, 0.15) is 42.1 Å². The highest BCUT2D eigenvalue weighted by molar-refractivity contribution is 6.31. The fraction of sp³-hybridized carbons (Fsp3) is 0.391. The number of hydrogen-bond acceptors (Lipinski definition) is 3. The maximum atomic E-state index is 13.8. The molecule has 0 aromatic heterocycles. The molecule has 8 heteroatoms. The van der Waals surface area contributed by atoms with Crippen LogP contribution in [0, 0.1) is 0 Å². The molecule has 0 heterocycles. The summed E-state index contributed by atoms with van der Waals surface area (Å²) in [4.78, 5) is 25.3. The Morgan fingerprint density at radius 2 is 1.87 bits per heavy atom. The maximum Gasteiger partial charge on any atom is 0.255 e. The highest BCUT2D eigenvalue weighted by Gasteiger charge is 2.62. The van der Waals surface area contributed by atoms with Gasteiger partial charge in [0.15, 0.2) is 0 Å². The summed E-state index contributed by atoms with van der Waals surface area (Å²) < 4.78 is 33.1. The van der Waals surface area contributed by atoms with Gasteiger partial charge in [0.05, 0.1) is 17.6 Å². The molecule has 2 aromatic rings. The van der Waals surface area contributed by atoms with Gasteiger partial charge in [-0.05, 0) is 49.2 Å². The second kappa shape index (κ2) is 8.20. The van der Waals surface area contributed by atoms with Crippen molar-refractivity contribution in [2.45, 2.75) is 49.7 Å². The predicted molar refractivity (Wildman–Crippen MR) is 114 cm³/mol. The number of rotatable bonds is 7. The van der Waals surface area contributed by atoms with Gasteiger partial charge in [-0.3, -0.25) is 9.59 Å². The highest BCUT2D eigenvalue weighted by atomic mass is 35.5. The van der Waals surface area contributed by atoms with E-state index in [4.69, 9.17) is 16.3 Å². The molecular formula is C23H23ClF2N2O3. The van der Waals surface area contributed by atoms with Crippen molar-refractivity contribution in [3.05, 3.63) is 64.7 Å². The zero-order valence-electron chi connectivity index (χ0n) is 17.0. The third-order valence-electron chi connectivity index (χ3n) is 5.77. The minimum absolute atomic E-state index is 0.0457. The molecule has 2 atom stereocenters. The van der Waals surface area contributed by atoms with Gasteiger partial charge in [0.2, 0.25) is 5.91 Å². The second-order valence-corrected chi connectivity index (χ2v) is 8.58. The summed E-state index contributed by atoms with van der Waals surface area (Å²) in [7, 11) is 0. The molecule has 0 bridgehead atoms.